The highest BCUT2D eigenvalue weighted by Gasteiger charge is 2.24. The van der Waals surface area contributed by atoms with Gasteiger partial charge in [-0.1, -0.05) is 31.2 Å². The molecular weight excluding hydrogens is 402 g/mol. The van der Waals surface area contributed by atoms with Crippen molar-refractivity contribution >= 4 is 32.5 Å². The van der Waals surface area contributed by atoms with Gasteiger partial charge in [0.1, 0.15) is 5.56 Å². The molecule has 2 aromatic carbocycles. The van der Waals surface area contributed by atoms with Crippen molar-refractivity contribution in [3.8, 4) is 0 Å². The number of anilines is 1. The van der Waals surface area contributed by atoms with E-state index < -0.39 is 21.4 Å². The Morgan fingerprint density at radius 3 is 2.67 bits per heavy atom. The Morgan fingerprint density at radius 1 is 1.23 bits per heavy atom. The van der Waals surface area contributed by atoms with Gasteiger partial charge in [0.25, 0.3) is 15.9 Å². The van der Waals surface area contributed by atoms with E-state index in [2.05, 4.69) is 16.9 Å². The van der Waals surface area contributed by atoms with Gasteiger partial charge in [-0.2, -0.15) is 0 Å². The molecule has 0 aliphatic carbocycles. The van der Waals surface area contributed by atoms with E-state index in [0.29, 0.717) is 17.6 Å². The van der Waals surface area contributed by atoms with Gasteiger partial charge in [0.2, 0.25) is 5.43 Å². The monoisotopic (exact) mass is 425 g/mol. The molecule has 0 saturated carbocycles. The molecule has 1 aromatic heterocycles. The maximum absolute atomic E-state index is 13.2. The van der Waals surface area contributed by atoms with Crippen LogP contribution in [-0.2, 0) is 16.4 Å². The fourth-order valence-electron chi connectivity index (χ4n) is 3.19. The van der Waals surface area contributed by atoms with Crippen LogP contribution in [0.4, 0.5) is 5.69 Å². The molecule has 3 rings (SSSR count). The van der Waals surface area contributed by atoms with Crippen LogP contribution in [0.15, 0.2) is 71.0 Å². The maximum atomic E-state index is 13.2. The summed E-state index contributed by atoms with van der Waals surface area (Å²) < 4.78 is 27.7. The van der Waals surface area contributed by atoms with E-state index in [4.69, 9.17) is 0 Å². The molecule has 1 amide bonds. The van der Waals surface area contributed by atoms with Crippen molar-refractivity contribution in [1.82, 2.24) is 10.3 Å². The molecule has 0 radical (unpaired) electrons. The maximum Gasteiger partial charge on any atom is 0.264 e. The van der Waals surface area contributed by atoms with Crippen molar-refractivity contribution in [3.63, 3.8) is 0 Å². The third-order valence-corrected chi connectivity index (χ3v) is 6.64. The second-order valence-electron chi connectivity index (χ2n) is 6.69. The van der Waals surface area contributed by atoms with Crippen LogP contribution in [0.2, 0.25) is 0 Å². The summed E-state index contributed by atoms with van der Waals surface area (Å²) in [5, 5.41) is 2.67. The Labute approximate surface area is 175 Å². The average Bonchev–Trinajstić information content (AvgIpc) is 2.76. The number of carbonyl (C=O) groups excluding carboxylic acids is 1. The van der Waals surface area contributed by atoms with E-state index in [0.717, 1.165) is 5.56 Å². The molecular formula is C22H23N3O4S. The van der Waals surface area contributed by atoms with Crippen LogP contribution in [0.5, 0.6) is 0 Å². The minimum absolute atomic E-state index is 0.0300. The Kier molecular flexibility index (Phi) is 6.07. The Bertz CT molecular complexity index is 1280. The van der Waals surface area contributed by atoms with Crippen LogP contribution in [0.3, 0.4) is 0 Å². The first kappa shape index (κ1) is 21.3. The van der Waals surface area contributed by atoms with E-state index in [1.165, 1.54) is 41.8 Å². The molecule has 0 atom stereocenters. The van der Waals surface area contributed by atoms with E-state index in [9.17, 15) is 18.0 Å². The largest absolute Gasteiger partial charge is 0.360 e. The third-order valence-electron chi connectivity index (χ3n) is 4.87. The van der Waals surface area contributed by atoms with E-state index in [1.807, 2.05) is 19.1 Å². The van der Waals surface area contributed by atoms with Gasteiger partial charge in [0, 0.05) is 30.7 Å². The molecule has 3 aromatic rings. The smallest absolute Gasteiger partial charge is 0.264 e. The Balaban J connectivity index is 2.09. The quantitative estimate of drug-likeness (QED) is 0.569. The molecule has 156 valence electrons. The lowest BCUT2D eigenvalue weighted by Gasteiger charge is -2.22. The number of aromatic nitrogens is 1. The zero-order chi connectivity index (χ0) is 21.9. The van der Waals surface area contributed by atoms with E-state index >= 15 is 0 Å². The Morgan fingerprint density at radius 2 is 1.97 bits per heavy atom. The van der Waals surface area contributed by atoms with Crippen molar-refractivity contribution in [3.05, 3.63) is 82.7 Å². The number of aromatic amines is 1. The fourth-order valence-corrected chi connectivity index (χ4v) is 4.45. The average molecular weight is 426 g/mol. The van der Waals surface area contributed by atoms with Crippen molar-refractivity contribution in [1.29, 1.82) is 0 Å². The number of nitrogens with zero attached hydrogens (tertiary/aromatic N) is 1. The zero-order valence-corrected chi connectivity index (χ0v) is 17.6. The standard InChI is InChI=1S/C22H23N3O4S/c1-4-12-23-22(27)18-14-24-19-11-10-16(13-17(19)21(18)26)30(28,29)25(3)20-9-7-6-8-15(20)5-2/h4,6-11,13-14H,1,5,12H2,2-3H3,(H,23,27)(H,24,26). The second-order valence-corrected chi connectivity index (χ2v) is 8.66. The predicted molar refractivity (Wildman–Crippen MR) is 119 cm³/mol. The number of para-hydroxylation sites is 1. The summed E-state index contributed by atoms with van der Waals surface area (Å²) in [6.45, 7) is 5.69. The highest BCUT2D eigenvalue weighted by Crippen LogP contribution is 2.27. The molecule has 0 saturated heterocycles. The van der Waals surface area contributed by atoms with Gasteiger partial charge < -0.3 is 10.3 Å². The zero-order valence-electron chi connectivity index (χ0n) is 16.8. The summed E-state index contributed by atoms with van der Waals surface area (Å²) in [5.41, 5.74) is 1.27. The second kappa shape index (κ2) is 8.54. The lowest BCUT2D eigenvalue weighted by molar-refractivity contribution is 0.0957. The Hall–Kier alpha value is -3.39. The van der Waals surface area contributed by atoms with Crippen molar-refractivity contribution in [2.75, 3.05) is 17.9 Å². The number of nitrogens with one attached hydrogen (secondary N) is 2. The highest BCUT2D eigenvalue weighted by molar-refractivity contribution is 7.92. The van der Waals surface area contributed by atoms with Gasteiger partial charge in [-0.15, -0.1) is 6.58 Å². The van der Waals surface area contributed by atoms with Gasteiger partial charge in [-0.05, 0) is 36.2 Å². The number of amides is 1. The first-order valence-electron chi connectivity index (χ1n) is 9.42. The summed E-state index contributed by atoms with van der Waals surface area (Å²) in [5.74, 6) is -0.555. The van der Waals surface area contributed by atoms with E-state index in [-0.39, 0.29) is 22.4 Å². The number of pyridine rings is 1. The fraction of sp³-hybridized carbons (Fsp3) is 0.182. The number of aryl methyl sites for hydroxylation is 1. The molecule has 1 heterocycles. The topological polar surface area (TPSA) is 99.3 Å². The van der Waals surface area contributed by atoms with Crippen LogP contribution < -0.4 is 15.1 Å². The molecule has 0 unspecified atom stereocenters. The van der Waals surface area contributed by atoms with Crippen molar-refractivity contribution < 1.29 is 13.2 Å². The molecule has 7 nitrogen and oxygen atoms in total. The lowest BCUT2D eigenvalue weighted by Crippen LogP contribution is -2.29. The number of fused-ring (bicyclic) bond motifs is 1. The van der Waals surface area contributed by atoms with Crippen LogP contribution in [0, 0.1) is 0 Å². The third kappa shape index (κ3) is 3.86. The van der Waals surface area contributed by atoms with Crippen LogP contribution >= 0.6 is 0 Å². The predicted octanol–water partition coefficient (Wildman–Crippen LogP) is 2.83. The van der Waals surface area contributed by atoms with Crippen LogP contribution in [0.1, 0.15) is 22.8 Å². The number of H-pyrrole nitrogens is 1. The van der Waals surface area contributed by atoms with Crippen molar-refractivity contribution in [2.45, 2.75) is 18.2 Å². The molecule has 2 N–H and O–H groups in total. The van der Waals surface area contributed by atoms with Gasteiger partial charge >= 0.3 is 0 Å². The summed E-state index contributed by atoms with van der Waals surface area (Å²) in [7, 11) is -2.43. The summed E-state index contributed by atoms with van der Waals surface area (Å²) in [6, 6.07) is 11.5. The first-order chi connectivity index (χ1) is 14.3. The SMILES string of the molecule is C=CCNC(=O)c1c[nH]c2ccc(S(=O)(=O)N(C)c3ccccc3CC)cc2c1=O. The van der Waals surface area contributed by atoms with Crippen LogP contribution in [-0.4, -0.2) is 32.9 Å². The number of benzene rings is 2. The number of sulfonamides is 1. The molecule has 8 heteroatoms. The normalized spacial score (nSPS) is 11.3. The van der Waals surface area contributed by atoms with Gasteiger partial charge in [0.05, 0.1) is 10.6 Å². The number of hydrogen-bond donors (Lipinski definition) is 2. The molecule has 0 aliphatic rings. The molecule has 30 heavy (non-hydrogen) atoms. The summed E-state index contributed by atoms with van der Waals surface area (Å²) in [6.07, 6.45) is 3.50. The van der Waals surface area contributed by atoms with Crippen molar-refractivity contribution in [2.24, 2.45) is 0 Å². The lowest BCUT2D eigenvalue weighted by atomic mass is 10.1. The minimum Gasteiger partial charge on any atom is -0.360 e. The molecule has 0 fully saturated rings. The molecule has 0 spiro atoms. The number of rotatable bonds is 7. The van der Waals surface area contributed by atoms with E-state index in [1.54, 1.807) is 12.1 Å². The molecule has 0 aliphatic heterocycles. The first-order valence-corrected chi connectivity index (χ1v) is 10.9. The minimum atomic E-state index is -3.91. The number of hydrogen-bond acceptors (Lipinski definition) is 4. The number of carbonyl (C=O) groups is 1. The summed E-state index contributed by atoms with van der Waals surface area (Å²) in [4.78, 5) is 27.9. The van der Waals surface area contributed by atoms with Crippen LogP contribution in [0.25, 0.3) is 10.9 Å². The summed E-state index contributed by atoms with van der Waals surface area (Å²) >= 11 is 0. The highest BCUT2D eigenvalue weighted by atomic mass is 32.2. The van der Waals surface area contributed by atoms with Gasteiger partial charge in [0.15, 0.2) is 0 Å². The van der Waals surface area contributed by atoms with Gasteiger partial charge in [-0.3, -0.25) is 13.9 Å². The molecule has 0 bridgehead atoms. The van der Waals surface area contributed by atoms with Gasteiger partial charge in [-0.25, -0.2) is 8.42 Å².